The summed E-state index contributed by atoms with van der Waals surface area (Å²) in [6.45, 7) is 7.46. The lowest BCUT2D eigenvalue weighted by Crippen LogP contribution is -2.25. The molecule has 3 rings (SSSR count). The van der Waals surface area contributed by atoms with Gasteiger partial charge in [0.15, 0.2) is 5.82 Å². The van der Waals surface area contributed by atoms with Crippen molar-refractivity contribution in [3.05, 3.63) is 34.9 Å². The summed E-state index contributed by atoms with van der Waals surface area (Å²) in [4.78, 5) is 6.70. The molecule has 0 aromatic carbocycles. The van der Waals surface area contributed by atoms with Gasteiger partial charge in [-0.1, -0.05) is 5.16 Å². The van der Waals surface area contributed by atoms with Crippen molar-refractivity contribution in [3.63, 3.8) is 0 Å². The molecule has 1 saturated heterocycles. The summed E-state index contributed by atoms with van der Waals surface area (Å²) in [5.41, 5.74) is 1.20. The first-order chi connectivity index (χ1) is 10.1. The number of nitrogens with zero attached hydrogens (tertiary/aromatic N) is 3. The summed E-state index contributed by atoms with van der Waals surface area (Å²) in [6.07, 6.45) is 1.06. The zero-order chi connectivity index (χ0) is 15.0. The lowest BCUT2D eigenvalue weighted by Gasteiger charge is -2.20. The van der Waals surface area contributed by atoms with E-state index in [1.54, 1.807) is 7.11 Å². The van der Waals surface area contributed by atoms with E-state index in [4.69, 9.17) is 13.7 Å². The predicted molar refractivity (Wildman–Crippen MR) is 75.8 cm³/mol. The number of methoxy groups -OCH3 is 1. The van der Waals surface area contributed by atoms with Crippen LogP contribution in [0.3, 0.4) is 0 Å². The molecule has 3 heterocycles. The molecule has 6 heteroatoms. The van der Waals surface area contributed by atoms with Crippen LogP contribution in [-0.2, 0) is 11.3 Å². The van der Waals surface area contributed by atoms with Crippen LogP contribution >= 0.6 is 0 Å². The number of hydrogen-bond acceptors (Lipinski definition) is 6. The average molecular weight is 291 g/mol. The van der Waals surface area contributed by atoms with Crippen molar-refractivity contribution in [2.45, 2.75) is 45.9 Å². The molecule has 2 aromatic rings. The second-order valence-electron chi connectivity index (χ2n) is 5.66. The minimum Gasteiger partial charge on any atom is -0.466 e. The van der Waals surface area contributed by atoms with Crippen molar-refractivity contribution in [1.29, 1.82) is 0 Å². The van der Waals surface area contributed by atoms with E-state index in [-0.39, 0.29) is 12.1 Å². The second kappa shape index (κ2) is 5.61. The molecule has 2 aromatic heterocycles. The fourth-order valence-corrected chi connectivity index (χ4v) is 2.97. The van der Waals surface area contributed by atoms with Gasteiger partial charge < -0.3 is 13.7 Å². The first kappa shape index (κ1) is 14.3. The number of hydrogen-bond donors (Lipinski definition) is 0. The van der Waals surface area contributed by atoms with E-state index in [1.165, 1.54) is 5.56 Å². The van der Waals surface area contributed by atoms with Crippen molar-refractivity contribution in [2.75, 3.05) is 13.7 Å². The standard InChI is InChI=1S/C15H21N3O3/c1-9-5-12(10(2)20-9)7-18-8-13(19-4)6-14(18)15-16-11(3)17-21-15/h5,13-14H,6-8H2,1-4H3/t13-,14-/m1/s1. The maximum atomic E-state index is 5.61. The Labute approximate surface area is 124 Å². The monoisotopic (exact) mass is 291 g/mol. The topological polar surface area (TPSA) is 64.5 Å². The summed E-state index contributed by atoms with van der Waals surface area (Å²) in [6, 6.07) is 2.19. The van der Waals surface area contributed by atoms with Gasteiger partial charge in [-0.15, -0.1) is 0 Å². The predicted octanol–water partition coefficient (Wildman–Crippen LogP) is 2.55. The van der Waals surface area contributed by atoms with E-state index in [9.17, 15) is 0 Å². The van der Waals surface area contributed by atoms with Crippen LogP contribution in [0.4, 0.5) is 0 Å². The van der Waals surface area contributed by atoms with Gasteiger partial charge in [0.1, 0.15) is 11.5 Å². The van der Waals surface area contributed by atoms with Gasteiger partial charge in [-0.05, 0) is 33.3 Å². The molecule has 0 amide bonds. The van der Waals surface area contributed by atoms with Gasteiger partial charge >= 0.3 is 0 Å². The van der Waals surface area contributed by atoms with Crippen molar-refractivity contribution in [1.82, 2.24) is 15.0 Å². The van der Waals surface area contributed by atoms with E-state index in [0.29, 0.717) is 11.7 Å². The minimum atomic E-state index is 0.103. The van der Waals surface area contributed by atoms with E-state index < -0.39 is 0 Å². The Hall–Kier alpha value is -1.66. The largest absolute Gasteiger partial charge is 0.466 e. The van der Waals surface area contributed by atoms with E-state index in [1.807, 2.05) is 20.8 Å². The summed E-state index contributed by atoms with van der Waals surface area (Å²) in [7, 11) is 1.75. The van der Waals surface area contributed by atoms with E-state index >= 15 is 0 Å². The Morgan fingerprint density at radius 2 is 2.19 bits per heavy atom. The van der Waals surface area contributed by atoms with Crippen LogP contribution < -0.4 is 0 Å². The fourth-order valence-electron chi connectivity index (χ4n) is 2.97. The zero-order valence-electron chi connectivity index (χ0n) is 12.9. The number of aromatic nitrogens is 2. The molecule has 0 radical (unpaired) electrons. The van der Waals surface area contributed by atoms with Crippen LogP contribution in [0.5, 0.6) is 0 Å². The van der Waals surface area contributed by atoms with Gasteiger partial charge in [-0.3, -0.25) is 4.90 Å². The molecule has 0 aliphatic carbocycles. The highest BCUT2D eigenvalue weighted by Gasteiger charge is 2.37. The van der Waals surface area contributed by atoms with E-state index in [0.717, 1.165) is 31.0 Å². The van der Waals surface area contributed by atoms with Crippen LogP contribution in [-0.4, -0.2) is 34.8 Å². The lowest BCUT2D eigenvalue weighted by molar-refractivity contribution is 0.107. The number of furan rings is 1. The van der Waals surface area contributed by atoms with Gasteiger partial charge in [0.25, 0.3) is 0 Å². The molecule has 2 atom stereocenters. The Bertz CT molecular complexity index is 619. The highest BCUT2D eigenvalue weighted by molar-refractivity contribution is 5.20. The molecule has 0 unspecified atom stereocenters. The molecule has 0 spiro atoms. The van der Waals surface area contributed by atoms with Crippen molar-refractivity contribution in [2.24, 2.45) is 0 Å². The quantitative estimate of drug-likeness (QED) is 0.862. The van der Waals surface area contributed by atoms with Crippen LogP contribution in [0.15, 0.2) is 15.0 Å². The Kier molecular flexibility index (Phi) is 3.82. The van der Waals surface area contributed by atoms with Crippen LogP contribution in [0.1, 0.15) is 41.3 Å². The van der Waals surface area contributed by atoms with Crippen molar-refractivity contribution >= 4 is 0 Å². The maximum Gasteiger partial charge on any atom is 0.244 e. The molecule has 1 aliphatic rings. The third-order valence-electron chi connectivity index (χ3n) is 4.04. The SMILES string of the molecule is CO[C@@H]1C[C@H](c2nc(C)no2)N(Cc2cc(C)oc2C)C1. The smallest absolute Gasteiger partial charge is 0.244 e. The summed E-state index contributed by atoms with van der Waals surface area (Å²) in [5.74, 6) is 3.25. The molecule has 114 valence electrons. The summed E-state index contributed by atoms with van der Waals surface area (Å²) < 4.78 is 16.5. The van der Waals surface area contributed by atoms with Gasteiger partial charge in [-0.2, -0.15) is 4.98 Å². The normalized spacial score (nSPS) is 23.0. The molecule has 21 heavy (non-hydrogen) atoms. The third-order valence-corrected chi connectivity index (χ3v) is 4.04. The maximum absolute atomic E-state index is 5.61. The molecule has 0 saturated carbocycles. The zero-order valence-corrected chi connectivity index (χ0v) is 12.9. The number of aryl methyl sites for hydroxylation is 3. The Balaban J connectivity index is 1.82. The Morgan fingerprint density at radius 3 is 2.76 bits per heavy atom. The molecule has 1 aliphatic heterocycles. The van der Waals surface area contributed by atoms with Crippen LogP contribution in [0.2, 0.25) is 0 Å². The van der Waals surface area contributed by atoms with Crippen molar-refractivity contribution in [3.8, 4) is 0 Å². The van der Waals surface area contributed by atoms with Crippen LogP contribution in [0.25, 0.3) is 0 Å². The fraction of sp³-hybridized carbons (Fsp3) is 0.600. The van der Waals surface area contributed by atoms with E-state index in [2.05, 4.69) is 21.1 Å². The van der Waals surface area contributed by atoms with Gasteiger partial charge in [0, 0.05) is 25.8 Å². The number of rotatable bonds is 4. The highest BCUT2D eigenvalue weighted by Crippen LogP contribution is 2.34. The Morgan fingerprint density at radius 1 is 1.38 bits per heavy atom. The summed E-state index contributed by atoms with van der Waals surface area (Å²) >= 11 is 0. The molecular formula is C15H21N3O3. The van der Waals surface area contributed by atoms with Gasteiger partial charge in [0.05, 0.1) is 12.1 Å². The number of ether oxygens (including phenoxy) is 1. The minimum absolute atomic E-state index is 0.103. The van der Waals surface area contributed by atoms with Crippen molar-refractivity contribution < 1.29 is 13.7 Å². The van der Waals surface area contributed by atoms with Gasteiger partial charge in [0.2, 0.25) is 5.89 Å². The number of likely N-dealkylation sites (tertiary alicyclic amines) is 1. The molecular weight excluding hydrogens is 270 g/mol. The average Bonchev–Trinajstić information content (AvgIpc) is 3.10. The molecule has 0 bridgehead atoms. The molecule has 6 nitrogen and oxygen atoms in total. The first-order valence-corrected chi connectivity index (χ1v) is 7.19. The van der Waals surface area contributed by atoms with Gasteiger partial charge in [-0.25, -0.2) is 0 Å². The lowest BCUT2D eigenvalue weighted by atomic mass is 10.2. The highest BCUT2D eigenvalue weighted by atomic mass is 16.5. The molecule has 0 N–H and O–H groups in total. The second-order valence-corrected chi connectivity index (χ2v) is 5.66. The molecule has 1 fully saturated rings. The van der Waals surface area contributed by atoms with Crippen LogP contribution in [0, 0.1) is 20.8 Å². The summed E-state index contributed by atoms with van der Waals surface area (Å²) in [5, 5.41) is 3.90. The first-order valence-electron chi connectivity index (χ1n) is 7.19. The third kappa shape index (κ3) is 2.87.